The standard InChI is InChI=1S/C21H24N2O3/c1-15-20(26-19-9-5-4-8-18(19)25-15)21(24)22-11-13-23-12-10-16-6-2-3-7-17(16)14-23/h2-9,15,20H,10-14H2,1H3,(H,22,24)/t15-,20-/m0/s1. The summed E-state index contributed by atoms with van der Waals surface area (Å²) in [5, 5.41) is 3.00. The van der Waals surface area contributed by atoms with E-state index in [0.717, 1.165) is 26.1 Å². The van der Waals surface area contributed by atoms with Gasteiger partial charge >= 0.3 is 0 Å². The maximum absolute atomic E-state index is 12.5. The van der Waals surface area contributed by atoms with Gasteiger partial charge in [-0.2, -0.15) is 0 Å². The van der Waals surface area contributed by atoms with E-state index in [0.29, 0.717) is 18.0 Å². The molecule has 26 heavy (non-hydrogen) atoms. The van der Waals surface area contributed by atoms with Crippen molar-refractivity contribution in [1.82, 2.24) is 10.2 Å². The largest absolute Gasteiger partial charge is 0.482 e. The average molecular weight is 352 g/mol. The first-order valence-electron chi connectivity index (χ1n) is 9.20. The maximum Gasteiger partial charge on any atom is 0.265 e. The van der Waals surface area contributed by atoms with Gasteiger partial charge in [0.05, 0.1) is 0 Å². The Morgan fingerprint density at radius 3 is 2.58 bits per heavy atom. The average Bonchev–Trinajstić information content (AvgIpc) is 2.67. The van der Waals surface area contributed by atoms with Crippen LogP contribution in [0.3, 0.4) is 0 Å². The summed E-state index contributed by atoms with van der Waals surface area (Å²) in [5.74, 6) is 1.19. The molecular weight excluding hydrogens is 328 g/mol. The van der Waals surface area contributed by atoms with E-state index >= 15 is 0 Å². The maximum atomic E-state index is 12.5. The lowest BCUT2D eigenvalue weighted by molar-refractivity contribution is -0.133. The van der Waals surface area contributed by atoms with Crippen molar-refractivity contribution in [2.75, 3.05) is 19.6 Å². The summed E-state index contributed by atoms with van der Waals surface area (Å²) in [6.45, 7) is 5.27. The van der Waals surface area contributed by atoms with Gasteiger partial charge in [0.15, 0.2) is 11.5 Å². The van der Waals surface area contributed by atoms with Gasteiger partial charge in [0.1, 0.15) is 6.10 Å². The molecule has 0 aromatic heterocycles. The highest BCUT2D eigenvalue weighted by molar-refractivity contribution is 5.82. The van der Waals surface area contributed by atoms with Crippen LogP contribution in [0.2, 0.25) is 0 Å². The van der Waals surface area contributed by atoms with E-state index in [4.69, 9.17) is 9.47 Å². The number of benzene rings is 2. The second kappa shape index (κ2) is 7.38. The Morgan fingerprint density at radius 1 is 1.08 bits per heavy atom. The van der Waals surface area contributed by atoms with Crippen LogP contribution >= 0.6 is 0 Å². The van der Waals surface area contributed by atoms with Crippen LogP contribution in [0.25, 0.3) is 0 Å². The second-order valence-corrected chi connectivity index (χ2v) is 6.89. The minimum Gasteiger partial charge on any atom is -0.482 e. The Hall–Kier alpha value is -2.53. The highest BCUT2D eigenvalue weighted by Crippen LogP contribution is 2.33. The van der Waals surface area contributed by atoms with Gasteiger partial charge < -0.3 is 14.8 Å². The van der Waals surface area contributed by atoms with Crippen LogP contribution in [-0.4, -0.2) is 42.6 Å². The summed E-state index contributed by atoms with van der Waals surface area (Å²) in [6.07, 6.45) is 0.135. The fourth-order valence-corrected chi connectivity index (χ4v) is 3.59. The van der Waals surface area contributed by atoms with Crippen molar-refractivity contribution < 1.29 is 14.3 Å². The number of hydrogen-bond donors (Lipinski definition) is 1. The molecule has 0 radical (unpaired) electrons. The minimum atomic E-state index is -0.619. The number of para-hydroxylation sites is 2. The lowest BCUT2D eigenvalue weighted by Crippen LogP contribution is -2.50. The van der Waals surface area contributed by atoms with Crippen LogP contribution in [0.5, 0.6) is 11.5 Å². The summed E-state index contributed by atoms with van der Waals surface area (Å²) in [6, 6.07) is 16.0. The lowest BCUT2D eigenvalue weighted by atomic mass is 10.00. The third-order valence-corrected chi connectivity index (χ3v) is 5.04. The zero-order valence-electron chi connectivity index (χ0n) is 15.0. The summed E-state index contributed by atoms with van der Waals surface area (Å²) in [5.41, 5.74) is 2.83. The topological polar surface area (TPSA) is 50.8 Å². The van der Waals surface area contributed by atoms with E-state index in [-0.39, 0.29) is 12.0 Å². The van der Waals surface area contributed by atoms with Crippen molar-refractivity contribution in [3.63, 3.8) is 0 Å². The molecule has 2 aromatic carbocycles. The van der Waals surface area contributed by atoms with E-state index in [2.05, 4.69) is 34.5 Å². The predicted octanol–water partition coefficient (Wildman–Crippen LogP) is 2.39. The van der Waals surface area contributed by atoms with Gasteiger partial charge in [-0.3, -0.25) is 9.69 Å². The minimum absolute atomic E-state index is 0.121. The fourth-order valence-electron chi connectivity index (χ4n) is 3.59. The second-order valence-electron chi connectivity index (χ2n) is 6.89. The summed E-state index contributed by atoms with van der Waals surface area (Å²) < 4.78 is 11.6. The van der Waals surface area contributed by atoms with Crippen LogP contribution in [0.15, 0.2) is 48.5 Å². The molecule has 2 aliphatic rings. The van der Waals surface area contributed by atoms with E-state index in [9.17, 15) is 4.79 Å². The molecule has 0 saturated carbocycles. The van der Waals surface area contributed by atoms with Crippen molar-refractivity contribution in [2.24, 2.45) is 0 Å². The Kier molecular flexibility index (Phi) is 4.80. The quantitative estimate of drug-likeness (QED) is 0.918. The first-order chi connectivity index (χ1) is 12.7. The molecule has 4 rings (SSSR count). The highest BCUT2D eigenvalue weighted by Gasteiger charge is 2.33. The van der Waals surface area contributed by atoms with Gasteiger partial charge in [0.25, 0.3) is 5.91 Å². The Bertz CT molecular complexity index is 792. The smallest absolute Gasteiger partial charge is 0.265 e. The third-order valence-electron chi connectivity index (χ3n) is 5.04. The summed E-state index contributed by atoms with van der Waals surface area (Å²) >= 11 is 0. The number of fused-ring (bicyclic) bond motifs is 2. The molecule has 136 valence electrons. The van der Waals surface area contributed by atoms with Crippen LogP contribution in [-0.2, 0) is 17.8 Å². The molecule has 2 atom stereocenters. The fraction of sp³-hybridized carbons (Fsp3) is 0.381. The zero-order chi connectivity index (χ0) is 17.9. The molecule has 0 bridgehead atoms. The molecule has 0 spiro atoms. The van der Waals surface area contributed by atoms with Crippen LogP contribution in [0.4, 0.5) is 0 Å². The van der Waals surface area contributed by atoms with Gasteiger partial charge in [-0.05, 0) is 36.6 Å². The Labute approximate surface area is 153 Å². The van der Waals surface area contributed by atoms with E-state index in [1.54, 1.807) is 0 Å². The predicted molar refractivity (Wildman–Crippen MR) is 99.4 cm³/mol. The summed E-state index contributed by atoms with van der Waals surface area (Å²) in [7, 11) is 0. The van der Waals surface area contributed by atoms with Gasteiger partial charge in [-0.25, -0.2) is 0 Å². The number of amides is 1. The van der Waals surface area contributed by atoms with E-state index < -0.39 is 6.10 Å². The van der Waals surface area contributed by atoms with Crippen molar-refractivity contribution in [1.29, 1.82) is 0 Å². The SMILES string of the molecule is C[C@@H]1Oc2ccccc2O[C@@H]1C(=O)NCCN1CCc2ccccc2C1. The molecule has 2 heterocycles. The van der Waals surface area contributed by atoms with Crippen molar-refractivity contribution in [2.45, 2.75) is 32.1 Å². The molecule has 5 heteroatoms. The number of ether oxygens (including phenoxy) is 2. The number of hydrogen-bond acceptors (Lipinski definition) is 4. The summed E-state index contributed by atoms with van der Waals surface area (Å²) in [4.78, 5) is 14.9. The molecule has 2 aromatic rings. The lowest BCUT2D eigenvalue weighted by Gasteiger charge is -2.32. The molecular formula is C21H24N2O3. The van der Waals surface area contributed by atoms with Gasteiger partial charge in [-0.1, -0.05) is 36.4 Å². The van der Waals surface area contributed by atoms with Gasteiger partial charge in [0.2, 0.25) is 6.10 Å². The normalized spacial score (nSPS) is 21.7. The molecule has 1 N–H and O–H groups in total. The highest BCUT2D eigenvalue weighted by atomic mass is 16.6. The Morgan fingerprint density at radius 2 is 1.77 bits per heavy atom. The van der Waals surface area contributed by atoms with Crippen molar-refractivity contribution in [3.05, 3.63) is 59.7 Å². The van der Waals surface area contributed by atoms with Crippen LogP contribution in [0.1, 0.15) is 18.1 Å². The first kappa shape index (κ1) is 16.9. The van der Waals surface area contributed by atoms with Crippen LogP contribution < -0.4 is 14.8 Å². The van der Waals surface area contributed by atoms with E-state index in [1.807, 2.05) is 31.2 Å². The van der Waals surface area contributed by atoms with E-state index in [1.165, 1.54) is 11.1 Å². The molecule has 0 fully saturated rings. The van der Waals surface area contributed by atoms with Gasteiger partial charge in [0, 0.05) is 26.2 Å². The number of carbonyl (C=O) groups excluding carboxylic acids is 1. The zero-order valence-corrected chi connectivity index (χ0v) is 15.0. The number of nitrogens with zero attached hydrogens (tertiary/aromatic N) is 1. The number of nitrogens with one attached hydrogen (secondary N) is 1. The number of carbonyl (C=O) groups is 1. The first-order valence-corrected chi connectivity index (χ1v) is 9.20. The van der Waals surface area contributed by atoms with Crippen LogP contribution in [0, 0.1) is 0 Å². The monoisotopic (exact) mass is 352 g/mol. The third kappa shape index (κ3) is 3.53. The molecule has 0 unspecified atom stereocenters. The Balaban J connectivity index is 1.28. The van der Waals surface area contributed by atoms with Crippen molar-refractivity contribution in [3.8, 4) is 11.5 Å². The van der Waals surface area contributed by atoms with Crippen molar-refractivity contribution >= 4 is 5.91 Å². The molecule has 1 amide bonds. The van der Waals surface area contributed by atoms with Gasteiger partial charge in [-0.15, -0.1) is 0 Å². The molecule has 0 aliphatic carbocycles. The number of rotatable bonds is 4. The molecule has 0 saturated heterocycles. The molecule has 5 nitrogen and oxygen atoms in total. The molecule has 2 aliphatic heterocycles.